The van der Waals surface area contributed by atoms with Gasteiger partial charge in [-0.05, 0) is 42.7 Å². The van der Waals surface area contributed by atoms with Crippen molar-refractivity contribution in [2.45, 2.75) is 25.4 Å². The summed E-state index contributed by atoms with van der Waals surface area (Å²) in [7, 11) is 0. The zero-order chi connectivity index (χ0) is 15.6. The molecule has 1 saturated heterocycles. The molecule has 1 aromatic carbocycles. The van der Waals surface area contributed by atoms with Crippen molar-refractivity contribution in [3.8, 4) is 17.0 Å². The lowest BCUT2D eigenvalue weighted by atomic mass is 10.1. The van der Waals surface area contributed by atoms with E-state index in [1.165, 1.54) is 5.56 Å². The SMILES string of the molecule is O=C(NCC1CCCO1)c1cc(-c2ccc3c(c2)CCO3)n[nH]1. The molecular weight excluding hydrogens is 294 g/mol. The van der Waals surface area contributed by atoms with Crippen molar-refractivity contribution >= 4 is 5.91 Å². The van der Waals surface area contributed by atoms with E-state index in [-0.39, 0.29) is 12.0 Å². The summed E-state index contributed by atoms with van der Waals surface area (Å²) in [6.07, 6.45) is 3.13. The van der Waals surface area contributed by atoms with Crippen LogP contribution in [-0.2, 0) is 11.2 Å². The molecule has 1 unspecified atom stereocenters. The van der Waals surface area contributed by atoms with E-state index >= 15 is 0 Å². The summed E-state index contributed by atoms with van der Waals surface area (Å²) in [6.45, 7) is 2.07. The Morgan fingerprint density at radius 2 is 2.30 bits per heavy atom. The summed E-state index contributed by atoms with van der Waals surface area (Å²) in [6, 6.07) is 7.78. The van der Waals surface area contributed by atoms with Crippen LogP contribution >= 0.6 is 0 Å². The maximum absolute atomic E-state index is 12.2. The van der Waals surface area contributed by atoms with Gasteiger partial charge in [-0.1, -0.05) is 0 Å². The lowest BCUT2D eigenvalue weighted by Gasteiger charge is -2.09. The quantitative estimate of drug-likeness (QED) is 0.904. The molecule has 1 amide bonds. The van der Waals surface area contributed by atoms with Crippen LogP contribution in [0.5, 0.6) is 5.75 Å². The van der Waals surface area contributed by atoms with E-state index in [1.54, 1.807) is 6.07 Å². The molecule has 1 fully saturated rings. The predicted molar refractivity (Wildman–Crippen MR) is 84.5 cm³/mol. The van der Waals surface area contributed by atoms with Crippen molar-refractivity contribution < 1.29 is 14.3 Å². The zero-order valence-electron chi connectivity index (χ0n) is 12.8. The second kappa shape index (κ2) is 6.04. The number of amides is 1. The van der Waals surface area contributed by atoms with Crippen molar-refractivity contribution in [1.29, 1.82) is 0 Å². The molecule has 6 nitrogen and oxygen atoms in total. The molecule has 3 heterocycles. The number of carbonyl (C=O) groups excluding carboxylic acids is 1. The monoisotopic (exact) mass is 313 g/mol. The van der Waals surface area contributed by atoms with Gasteiger partial charge in [0.15, 0.2) is 0 Å². The lowest BCUT2D eigenvalue weighted by molar-refractivity contribution is 0.0853. The summed E-state index contributed by atoms with van der Waals surface area (Å²) in [5.74, 6) is 0.794. The number of nitrogens with zero attached hydrogens (tertiary/aromatic N) is 1. The van der Waals surface area contributed by atoms with Crippen LogP contribution < -0.4 is 10.1 Å². The van der Waals surface area contributed by atoms with Crippen molar-refractivity contribution in [2.75, 3.05) is 19.8 Å². The first kappa shape index (κ1) is 14.3. The highest BCUT2D eigenvalue weighted by Crippen LogP contribution is 2.29. The number of aromatic amines is 1. The van der Waals surface area contributed by atoms with Gasteiger partial charge in [0.05, 0.1) is 18.4 Å². The van der Waals surface area contributed by atoms with Crippen LogP contribution in [-0.4, -0.2) is 42.0 Å². The van der Waals surface area contributed by atoms with Crippen molar-refractivity contribution in [2.24, 2.45) is 0 Å². The van der Waals surface area contributed by atoms with Gasteiger partial charge in [-0.15, -0.1) is 0 Å². The first-order valence-corrected chi connectivity index (χ1v) is 8.01. The molecule has 2 aromatic rings. The number of fused-ring (bicyclic) bond motifs is 1. The lowest BCUT2D eigenvalue weighted by Crippen LogP contribution is -2.31. The number of benzene rings is 1. The topological polar surface area (TPSA) is 76.2 Å². The van der Waals surface area contributed by atoms with E-state index in [0.717, 1.165) is 49.5 Å². The van der Waals surface area contributed by atoms with E-state index in [9.17, 15) is 4.79 Å². The fraction of sp³-hybridized carbons (Fsp3) is 0.412. The summed E-state index contributed by atoms with van der Waals surface area (Å²) < 4.78 is 11.0. The summed E-state index contributed by atoms with van der Waals surface area (Å²) >= 11 is 0. The van der Waals surface area contributed by atoms with Gasteiger partial charge in [0, 0.05) is 25.1 Å². The van der Waals surface area contributed by atoms with Gasteiger partial charge in [0.1, 0.15) is 11.4 Å². The maximum atomic E-state index is 12.2. The van der Waals surface area contributed by atoms with Crippen LogP contribution in [0.2, 0.25) is 0 Å². The van der Waals surface area contributed by atoms with E-state index in [4.69, 9.17) is 9.47 Å². The van der Waals surface area contributed by atoms with Crippen LogP contribution in [0.25, 0.3) is 11.3 Å². The molecule has 120 valence electrons. The van der Waals surface area contributed by atoms with Gasteiger partial charge < -0.3 is 14.8 Å². The summed E-state index contributed by atoms with van der Waals surface area (Å²) in [4.78, 5) is 12.2. The van der Waals surface area contributed by atoms with Gasteiger partial charge in [0.2, 0.25) is 0 Å². The van der Waals surface area contributed by atoms with Gasteiger partial charge in [0.25, 0.3) is 5.91 Å². The molecule has 2 aliphatic heterocycles. The molecule has 0 radical (unpaired) electrons. The third kappa shape index (κ3) is 2.94. The number of carbonyl (C=O) groups is 1. The van der Waals surface area contributed by atoms with E-state index in [2.05, 4.69) is 21.6 Å². The van der Waals surface area contributed by atoms with Crippen molar-refractivity contribution in [3.63, 3.8) is 0 Å². The number of hydrogen-bond acceptors (Lipinski definition) is 4. The van der Waals surface area contributed by atoms with Crippen LogP contribution in [0.4, 0.5) is 0 Å². The minimum atomic E-state index is -0.149. The number of hydrogen-bond donors (Lipinski definition) is 2. The van der Waals surface area contributed by atoms with Gasteiger partial charge >= 0.3 is 0 Å². The number of rotatable bonds is 4. The minimum absolute atomic E-state index is 0.137. The Labute approximate surface area is 134 Å². The molecule has 6 heteroatoms. The average molecular weight is 313 g/mol. The van der Waals surface area contributed by atoms with E-state index in [1.807, 2.05) is 12.1 Å². The highest BCUT2D eigenvalue weighted by molar-refractivity contribution is 5.93. The molecule has 0 bridgehead atoms. The van der Waals surface area contributed by atoms with Gasteiger partial charge in [-0.25, -0.2) is 0 Å². The molecule has 0 aliphatic carbocycles. The molecule has 23 heavy (non-hydrogen) atoms. The number of ether oxygens (including phenoxy) is 2. The minimum Gasteiger partial charge on any atom is -0.493 e. The second-order valence-corrected chi connectivity index (χ2v) is 5.93. The number of nitrogens with one attached hydrogen (secondary N) is 2. The summed E-state index contributed by atoms with van der Waals surface area (Å²) in [5.41, 5.74) is 3.41. The molecule has 2 N–H and O–H groups in total. The Morgan fingerprint density at radius 3 is 3.17 bits per heavy atom. The molecule has 4 rings (SSSR count). The van der Waals surface area contributed by atoms with Crippen LogP contribution in [0.15, 0.2) is 24.3 Å². The normalized spacial score (nSPS) is 19.4. The Morgan fingerprint density at radius 1 is 1.35 bits per heavy atom. The zero-order valence-corrected chi connectivity index (χ0v) is 12.8. The van der Waals surface area contributed by atoms with Crippen LogP contribution in [0, 0.1) is 0 Å². The Balaban J connectivity index is 1.44. The third-order valence-electron chi connectivity index (χ3n) is 4.32. The van der Waals surface area contributed by atoms with Gasteiger partial charge in [-0.3, -0.25) is 9.89 Å². The fourth-order valence-corrected chi connectivity index (χ4v) is 3.04. The number of H-pyrrole nitrogens is 1. The van der Waals surface area contributed by atoms with Crippen LogP contribution in [0.1, 0.15) is 28.9 Å². The fourth-order valence-electron chi connectivity index (χ4n) is 3.04. The smallest absolute Gasteiger partial charge is 0.269 e. The standard InChI is InChI=1S/C17H19N3O3/c21-17(18-10-13-2-1-6-22-13)15-9-14(19-20-15)11-3-4-16-12(8-11)5-7-23-16/h3-4,8-9,13H,1-2,5-7,10H2,(H,18,21)(H,19,20). The molecule has 1 aromatic heterocycles. The number of aromatic nitrogens is 2. The summed E-state index contributed by atoms with van der Waals surface area (Å²) in [5, 5.41) is 9.96. The maximum Gasteiger partial charge on any atom is 0.269 e. The highest BCUT2D eigenvalue weighted by atomic mass is 16.5. The largest absolute Gasteiger partial charge is 0.493 e. The Hall–Kier alpha value is -2.34. The molecule has 0 spiro atoms. The van der Waals surface area contributed by atoms with E-state index < -0.39 is 0 Å². The van der Waals surface area contributed by atoms with E-state index in [0.29, 0.717) is 12.2 Å². The average Bonchev–Trinajstić information content (AvgIpc) is 3.32. The molecular formula is C17H19N3O3. The third-order valence-corrected chi connectivity index (χ3v) is 4.32. The first-order chi connectivity index (χ1) is 11.3. The van der Waals surface area contributed by atoms with Crippen molar-refractivity contribution in [3.05, 3.63) is 35.5 Å². The highest BCUT2D eigenvalue weighted by Gasteiger charge is 2.18. The Kier molecular flexibility index (Phi) is 3.75. The molecule has 1 atom stereocenters. The molecule has 2 aliphatic rings. The predicted octanol–water partition coefficient (Wildman–Crippen LogP) is 1.92. The Bertz CT molecular complexity index is 720. The first-order valence-electron chi connectivity index (χ1n) is 8.01. The molecule has 0 saturated carbocycles. The van der Waals surface area contributed by atoms with Crippen LogP contribution in [0.3, 0.4) is 0 Å². The van der Waals surface area contributed by atoms with Crippen molar-refractivity contribution in [1.82, 2.24) is 15.5 Å². The van der Waals surface area contributed by atoms with Gasteiger partial charge in [-0.2, -0.15) is 5.10 Å². The second-order valence-electron chi connectivity index (χ2n) is 5.93.